The average molecular weight is 302 g/mol. The van der Waals surface area contributed by atoms with Gasteiger partial charge in [-0.05, 0) is 49.9 Å². The number of rotatable bonds is 6. The number of carbonyl (C=O) groups is 1. The van der Waals surface area contributed by atoms with Crippen LogP contribution in [0.4, 0.5) is 0 Å². The van der Waals surface area contributed by atoms with Crippen LogP contribution in [0.1, 0.15) is 72.3 Å². The molecule has 22 heavy (non-hydrogen) atoms. The summed E-state index contributed by atoms with van der Waals surface area (Å²) in [6.07, 6.45) is 4.56. The molecule has 2 heterocycles. The monoisotopic (exact) mass is 302 g/mol. The van der Waals surface area contributed by atoms with Gasteiger partial charge in [-0.1, -0.05) is 13.8 Å². The van der Waals surface area contributed by atoms with Gasteiger partial charge in [-0.3, -0.25) is 4.79 Å². The van der Waals surface area contributed by atoms with Crippen molar-refractivity contribution in [3.63, 3.8) is 0 Å². The molecule has 0 saturated heterocycles. The maximum atomic E-state index is 12.4. The Kier molecular flexibility index (Phi) is 4.94. The minimum absolute atomic E-state index is 0.118. The van der Waals surface area contributed by atoms with Crippen LogP contribution in [-0.4, -0.2) is 5.78 Å². The molecule has 0 aliphatic heterocycles. The summed E-state index contributed by atoms with van der Waals surface area (Å²) in [5.41, 5.74) is 4.60. The van der Waals surface area contributed by atoms with Crippen molar-refractivity contribution >= 4 is 5.78 Å². The number of aryl methyl sites for hydroxylation is 2. The molecule has 2 aromatic heterocycles. The van der Waals surface area contributed by atoms with Crippen LogP contribution in [0, 0.1) is 27.7 Å². The van der Waals surface area contributed by atoms with Crippen LogP contribution in [0.25, 0.3) is 0 Å². The Morgan fingerprint density at radius 2 is 1.23 bits per heavy atom. The maximum Gasteiger partial charge on any atom is 0.134 e. The van der Waals surface area contributed by atoms with Gasteiger partial charge in [0.15, 0.2) is 0 Å². The van der Waals surface area contributed by atoms with Crippen LogP contribution in [0.2, 0.25) is 0 Å². The van der Waals surface area contributed by atoms with E-state index < -0.39 is 0 Å². The molecule has 0 saturated carbocycles. The van der Waals surface area contributed by atoms with Gasteiger partial charge in [-0.25, -0.2) is 0 Å². The Balaban J connectivity index is 1.98. The molecule has 2 aromatic rings. The van der Waals surface area contributed by atoms with Gasteiger partial charge < -0.3 is 8.83 Å². The van der Waals surface area contributed by atoms with Gasteiger partial charge in [0.2, 0.25) is 0 Å². The first kappa shape index (κ1) is 16.6. The topological polar surface area (TPSA) is 43.4 Å². The molecule has 2 rings (SSSR count). The predicted molar refractivity (Wildman–Crippen MR) is 87.4 cm³/mol. The second-order valence-electron chi connectivity index (χ2n) is 6.56. The molecule has 0 aliphatic carbocycles. The predicted octanol–water partition coefficient (Wildman–Crippen LogP) is 5.36. The van der Waals surface area contributed by atoms with Gasteiger partial charge in [-0.2, -0.15) is 0 Å². The molecule has 0 bridgehead atoms. The van der Waals surface area contributed by atoms with E-state index in [1.807, 2.05) is 27.7 Å². The Labute approximate surface area is 132 Å². The third-order valence-electron chi connectivity index (χ3n) is 4.61. The molecule has 0 radical (unpaired) electrons. The summed E-state index contributed by atoms with van der Waals surface area (Å²) in [6, 6.07) is 0. The van der Waals surface area contributed by atoms with E-state index in [0.29, 0.717) is 12.8 Å². The van der Waals surface area contributed by atoms with Crippen molar-refractivity contribution in [1.29, 1.82) is 0 Å². The van der Waals surface area contributed by atoms with E-state index in [1.54, 1.807) is 12.5 Å². The first-order valence-corrected chi connectivity index (χ1v) is 7.92. The molecule has 3 nitrogen and oxygen atoms in total. The van der Waals surface area contributed by atoms with Gasteiger partial charge in [0.25, 0.3) is 0 Å². The molecule has 0 spiro atoms. The van der Waals surface area contributed by atoms with Crippen molar-refractivity contribution < 1.29 is 13.6 Å². The van der Waals surface area contributed by atoms with Gasteiger partial charge in [0, 0.05) is 24.7 Å². The number of ketones is 1. The fourth-order valence-electron chi connectivity index (χ4n) is 2.97. The molecule has 0 fully saturated rings. The molecule has 0 aromatic carbocycles. The van der Waals surface area contributed by atoms with Crippen LogP contribution in [-0.2, 0) is 4.79 Å². The van der Waals surface area contributed by atoms with E-state index in [2.05, 4.69) is 13.8 Å². The summed E-state index contributed by atoms with van der Waals surface area (Å²) in [4.78, 5) is 12.4. The highest BCUT2D eigenvalue weighted by molar-refractivity contribution is 5.80. The summed E-state index contributed by atoms with van der Waals surface area (Å²) in [5.74, 6) is 2.36. The van der Waals surface area contributed by atoms with Crippen LogP contribution in [0.3, 0.4) is 0 Å². The number of hydrogen-bond acceptors (Lipinski definition) is 3. The second-order valence-corrected chi connectivity index (χ2v) is 6.56. The van der Waals surface area contributed by atoms with Crippen LogP contribution >= 0.6 is 0 Å². The fraction of sp³-hybridized carbons (Fsp3) is 0.526. The zero-order valence-corrected chi connectivity index (χ0v) is 14.4. The van der Waals surface area contributed by atoms with Gasteiger partial charge >= 0.3 is 0 Å². The molecule has 2 atom stereocenters. The minimum Gasteiger partial charge on any atom is -0.468 e. The lowest BCUT2D eigenvalue weighted by Gasteiger charge is -2.12. The van der Waals surface area contributed by atoms with Crippen molar-refractivity contribution in [3.05, 3.63) is 46.3 Å². The molecule has 0 amide bonds. The summed E-state index contributed by atoms with van der Waals surface area (Å²) in [6.45, 7) is 12.3. The number of hydrogen-bond donors (Lipinski definition) is 0. The van der Waals surface area contributed by atoms with Gasteiger partial charge in [-0.15, -0.1) is 0 Å². The van der Waals surface area contributed by atoms with E-state index in [9.17, 15) is 4.79 Å². The zero-order chi connectivity index (χ0) is 16.4. The highest BCUT2D eigenvalue weighted by atomic mass is 16.3. The lowest BCUT2D eigenvalue weighted by atomic mass is 9.92. The van der Waals surface area contributed by atoms with Crippen molar-refractivity contribution in [1.82, 2.24) is 0 Å². The summed E-state index contributed by atoms with van der Waals surface area (Å²) < 4.78 is 11.2. The largest absolute Gasteiger partial charge is 0.468 e. The second kappa shape index (κ2) is 6.55. The molecular formula is C19H26O3. The Hall–Kier alpha value is -1.77. The average Bonchev–Trinajstić information content (AvgIpc) is 2.94. The maximum absolute atomic E-state index is 12.4. The van der Waals surface area contributed by atoms with Crippen molar-refractivity contribution in [2.45, 2.75) is 66.2 Å². The third kappa shape index (κ3) is 3.34. The SMILES string of the molecule is Cc1coc(C(C)CC(=O)CC(C)c2occ(C)c2C)c1C. The van der Waals surface area contributed by atoms with Crippen LogP contribution in [0.15, 0.2) is 21.4 Å². The first-order chi connectivity index (χ1) is 10.3. The number of Topliss-reactive ketones (excluding diaryl/α,β-unsaturated/α-hetero) is 1. The van der Waals surface area contributed by atoms with Gasteiger partial charge in [0.05, 0.1) is 12.5 Å². The molecule has 120 valence electrons. The first-order valence-electron chi connectivity index (χ1n) is 7.92. The highest BCUT2D eigenvalue weighted by Crippen LogP contribution is 2.30. The Bertz CT molecular complexity index is 604. The van der Waals surface area contributed by atoms with E-state index in [1.165, 1.54) is 0 Å². The molecular weight excluding hydrogens is 276 g/mol. The summed E-state index contributed by atoms with van der Waals surface area (Å²) in [7, 11) is 0. The van der Waals surface area contributed by atoms with Crippen LogP contribution in [0.5, 0.6) is 0 Å². The lowest BCUT2D eigenvalue weighted by Crippen LogP contribution is -2.09. The van der Waals surface area contributed by atoms with Gasteiger partial charge in [0.1, 0.15) is 17.3 Å². The summed E-state index contributed by atoms with van der Waals surface area (Å²) >= 11 is 0. The smallest absolute Gasteiger partial charge is 0.134 e. The number of carbonyl (C=O) groups excluding carboxylic acids is 1. The fourth-order valence-corrected chi connectivity index (χ4v) is 2.97. The van der Waals surface area contributed by atoms with Crippen molar-refractivity contribution in [2.75, 3.05) is 0 Å². The number of furan rings is 2. The van der Waals surface area contributed by atoms with E-state index in [4.69, 9.17) is 8.83 Å². The van der Waals surface area contributed by atoms with Crippen molar-refractivity contribution in [3.8, 4) is 0 Å². The summed E-state index contributed by atoms with van der Waals surface area (Å²) in [5, 5.41) is 0. The Morgan fingerprint density at radius 3 is 1.50 bits per heavy atom. The minimum atomic E-state index is 0.118. The Morgan fingerprint density at radius 1 is 0.864 bits per heavy atom. The quantitative estimate of drug-likeness (QED) is 0.721. The standard InChI is InChI=1S/C19H26O3/c1-11(18-15(5)13(3)9-21-18)7-17(20)8-12(2)19-16(6)14(4)10-22-19/h9-12H,7-8H2,1-6H3. The van der Waals surface area contributed by atoms with E-state index in [-0.39, 0.29) is 17.6 Å². The normalized spacial score (nSPS) is 14.1. The highest BCUT2D eigenvalue weighted by Gasteiger charge is 2.21. The lowest BCUT2D eigenvalue weighted by molar-refractivity contribution is -0.119. The van der Waals surface area contributed by atoms with Crippen LogP contribution < -0.4 is 0 Å². The van der Waals surface area contributed by atoms with E-state index >= 15 is 0 Å². The molecule has 2 unspecified atom stereocenters. The third-order valence-corrected chi connectivity index (χ3v) is 4.61. The van der Waals surface area contributed by atoms with E-state index in [0.717, 1.165) is 33.8 Å². The zero-order valence-electron chi connectivity index (χ0n) is 14.4. The molecule has 0 aliphatic rings. The molecule has 0 N–H and O–H groups in total. The molecule has 3 heteroatoms. The van der Waals surface area contributed by atoms with Crippen molar-refractivity contribution in [2.24, 2.45) is 0 Å².